The summed E-state index contributed by atoms with van der Waals surface area (Å²) in [5.41, 5.74) is 0. The summed E-state index contributed by atoms with van der Waals surface area (Å²) in [7, 11) is 0. The van der Waals surface area contributed by atoms with Crippen molar-refractivity contribution in [1.29, 1.82) is 0 Å². The molecule has 24 heteroatoms. The molecule has 3 aliphatic heterocycles. The number of aliphatic hydroxyl groups is 12. The quantitative estimate of drug-likeness (QED) is 0.0389. The monoisotopic (exact) mass is 1200 g/mol. The van der Waals surface area contributed by atoms with Crippen LogP contribution in [0.25, 0.3) is 0 Å². The molecule has 3 heterocycles. The molecule has 2 amide bonds. The van der Waals surface area contributed by atoms with Gasteiger partial charge in [0.05, 0.1) is 50.7 Å². The molecule has 0 aromatic carbocycles. The third kappa shape index (κ3) is 25.7. The first-order valence-electron chi connectivity index (χ1n) is 31.5. The minimum atomic E-state index is -3.09. The zero-order chi connectivity index (χ0) is 61.3. The molecule has 83 heavy (non-hydrogen) atoms. The van der Waals surface area contributed by atoms with E-state index in [1.807, 2.05) is 0 Å². The highest BCUT2D eigenvalue weighted by Crippen LogP contribution is 2.38. The van der Waals surface area contributed by atoms with E-state index in [0.717, 1.165) is 58.3 Å². The van der Waals surface area contributed by atoms with Gasteiger partial charge in [-0.05, 0) is 12.8 Å². The number of hydrogen-bond acceptors (Lipinski definition) is 21. The molecule has 0 unspecified atom stereocenters. The summed E-state index contributed by atoms with van der Waals surface area (Å²) in [6.45, 7) is 1.91. The lowest BCUT2D eigenvalue weighted by atomic mass is 9.88. The second-order valence-electron chi connectivity index (χ2n) is 23.4. The average Bonchev–Trinajstić information content (AvgIpc) is 3.64. The van der Waals surface area contributed by atoms with Gasteiger partial charge in [-0.15, -0.1) is 0 Å². The number of carbonyl (C=O) groups excluding carboxylic acids is 2. The van der Waals surface area contributed by atoms with Crippen LogP contribution in [0.15, 0.2) is 0 Å². The van der Waals surface area contributed by atoms with Crippen LogP contribution >= 0.6 is 0 Å². The number of unbranched alkanes of at least 4 members (excludes halogenated alkanes) is 25. The van der Waals surface area contributed by atoms with Crippen molar-refractivity contribution in [3.8, 4) is 0 Å². The van der Waals surface area contributed by atoms with Gasteiger partial charge < -0.3 is 105 Å². The molecule has 488 valence electrons. The molecule has 19 atom stereocenters. The van der Waals surface area contributed by atoms with Crippen LogP contribution in [0.5, 0.6) is 0 Å². The van der Waals surface area contributed by atoms with Gasteiger partial charge in [-0.3, -0.25) is 9.59 Å². The van der Waals surface area contributed by atoms with Gasteiger partial charge in [0.25, 0.3) is 5.79 Å². The van der Waals surface area contributed by atoms with Crippen LogP contribution in [0, 0.1) is 0 Å². The molecule has 0 aromatic heterocycles. The van der Waals surface area contributed by atoms with Crippen molar-refractivity contribution >= 4 is 17.8 Å². The predicted octanol–water partition coefficient (Wildman–Crippen LogP) is 2.36. The minimum Gasteiger partial charge on any atom is -0.477 e. The van der Waals surface area contributed by atoms with Crippen LogP contribution in [-0.2, 0) is 42.8 Å². The Morgan fingerprint density at radius 3 is 1.54 bits per heavy atom. The Morgan fingerprint density at radius 2 is 1.07 bits per heavy atom. The van der Waals surface area contributed by atoms with E-state index in [1.54, 1.807) is 0 Å². The lowest BCUT2D eigenvalue weighted by Gasteiger charge is -2.50. The van der Waals surface area contributed by atoms with Gasteiger partial charge in [-0.1, -0.05) is 181 Å². The molecular formula is C59H110N2O22. The zero-order valence-electron chi connectivity index (χ0n) is 49.9. The van der Waals surface area contributed by atoms with Crippen molar-refractivity contribution < 1.29 is 109 Å². The first-order chi connectivity index (χ1) is 39.8. The minimum absolute atomic E-state index is 0.141. The fourth-order valence-corrected chi connectivity index (χ4v) is 11.3. The summed E-state index contributed by atoms with van der Waals surface area (Å²) in [6, 6.07) is -2.81. The molecule has 15 N–H and O–H groups in total. The number of aliphatic carboxylic acids is 1. The van der Waals surface area contributed by atoms with Gasteiger partial charge in [0.1, 0.15) is 73.2 Å². The predicted molar refractivity (Wildman–Crippen MR) is 303 cm³/mol. The van der Waals surface area contributed by atoms with Crippen molar-refractivity contribution in [2.45, 2.75) is 329 Å². The number of carboxylic acid groups (broad SMARTS) is 1. The van der Waals surface area contributed by atoms with Crippen molar-refractivity contribution in [3.63, 3.8) is 0 Å². The maximum Gasteiger partial charge on any atom is 0.364 e. The van der Waals surface area contributed by atoms with E-state index in [4.69, 9.17) is 28.4 Å². The highest BCUT2D eigenvalue weighted by molar-refractivity contribution is 5.77. The van der Waals surface area contributed by atoms with E-state index in [9.17, 15) is 80.8 Å². The molecule has 3 fully saturated rings. The third-order valence-electron chi connectivity index (χ3n) is 16.4. The van der Waals surface area contributed by atoms with Gasteiger partial charge in [-0.2, -0.15) is 0 Å². The second kappa shape index (κ2) is 41.8. The summed E-state index contributed by atoms with van der Waals surface area (Å²) in [4.78, 5) is 38.4. The molecule has 24 nitrogen and oxygen atoms in total. The van der Waals surface area contributed by atoms with Gasteiger partial charge in [0, 0.05) is 19.8 Å². The van der Waals surface area contributed by atoms with E-state index < -0.39 is 167 Å². The number of ether oxygens (including phenoxy) is 6. The summed E-state index contributed by atoms with van der Waals surface area (Å²) in [5.74, 6) is -6.25. The van der Waals surface area contributed by atoms with Crippen LogP contribution in [0.3, 0.4) is 0 Å². The molecule has 0 saturated carbocycles. The Kier molecular flexibility index (Phi) is 37.7. The number of hydrogen-bond donors (Lipinski definition) is 15. The second-order valence-corrected chi connectivity index (χ2v) is 23.4. The number of nitrogens with one attached hydrogen (secondary N) is 2. The van der Waals surface area contributed by atoms with Gasteiger partial charge >= 0.3 is 5.97 Å². The van der Waals surface area contributed by atoms with Crippen molar-refractivity contribution in [2.75, 3.05) is 26.4 Å². The van der Waals surface area contributed by atoms with E-state index in [-0.39, 0.29) is 12.8 Å². The first-order valence-corrected chi connectivity index (χ1v) is 31.5. The van der Waals surface area contributed by atoms with Gasteiger partial charge in [0.2, 0.25) is 11.8 Å². The van der Waals surface area contributed by atoms with Crippen molar-refractivity contribution in [3.05, 3.63) is 0 Å². The number of aliphatic hydroxyl groups excluding tert-OH is 12. The van der Waals surface area contributed by atoms with Crippen LogP contribution in [-0.4, -0.2) is 227 Å². The van der Waals surface area contributed by atoms with Crippen molar-refractivity contribution in [2.24, 2.45) is 0 Å². The molecule has 0 radical (unpaired) electrons. The Morgan fingerprint density at radius 1 is 0.590 bits per heavy atom. The maximum absolute atomic E-state index is 13.4. The Hall–Kier alpha value is -2.31. The molecule has 0 bridgehead atoms. The fourth-order valence-electron chi connectivity index (χ4n) is 11.3. The summed E-state index contributed by atoms with van der Waals surface area (Å²) < 4.78 is 34.6. The number of carbonyl (C=O) groups is 3. The first kappa shape index (κ1) is 74.9. The maximum atomic E-state index is 13.4. The Bertz CT molecular complexity index is 1730. The van der Waals surface area contributed by atoms with Crippen molar-refractivity contribution in [1.82, 2.24) is 10.6 Å². The number of carboxylic acids is 1. The molecule has 0 aliphatic carbocycles. The molecule has 3 saturated heterocycles. The summed E-state index contributed by atoms with van der Waals surface area (Å²) in [5, 5.41) is 147. The third-order valence-corrected chi connectivity index (χ3v) is 16.4. The summed E-state index contributed by atoms with van der Waals surface area (Å²) >= 11 is 0. The van der Waals surface area contributed by atoms with Crippen LogP contribution < -0.4 is 10.6 Å². The van der Waals surface area contributed by atoms with Crippen LogP contribution in [0.4, 0.5) is 0 Å². The summed E-state index contributed by atoms with van der Waals surface area (Å²) in [6.07, 6.45) is -0.373. The molecule has 0 aromatic rings. The van der Waals surface area contributed by atoms with E-state index in [0.29, 0.717) is 12.8 Å². The van der Waals surface area contributed by atoms with E-state index >= 15 is 0 Å². The standard InChI is InChI=1S/C59H110N2O22/c1-4-6-8-10-12-14-16-18-19-20-22-24-26-28-30-32-45(69)61-39(47(70)40(66)31-29-27-25-23-21-17-15-13-11-9-7-5-2)37-78-56-51(74)50(73)53(44(36-64)80-56)81-57-52(75)55(49(72)43(35-63)79-57)83-59(58(76)77)33-41(67)46(60-38(3)65)54(82-59)48(71)42(68)34-62/h39-44,46-57,62-64,66-68,70-75H,4-37H2,1-3H3,(H,60,65)(H,61,69)(H,76,77)/t39-,40+,41-,42+,43+,44+,46+,47-,48+,49-,50+,51+,52+,53+,54+,55-,56+,57-,59-/m0/s1. The molecule has 3 aliphatic rings. The van der Waals surface area contributed by atoms with E-state index in [2.05, 4.69) is 24.5 Å². The smallest absolute Gasteiger partial charge is 0.364 e. The van der Waals surface area contributed by atoms with Crippen LogP contribution in [0.2, 0.25) is 0 Å². The highest BCUT2D eigenvalue weighted by Gasteiger charge is 2.60. The number of amides is 2. The van der Waals surface area contributed by atoms with Gasteiger partial charge in [-0.25, -0.2) is 4.79 Å². The Balaban J connectivity index is 1.67. The molecule has 3 rings (SSSR count). The SMILES string of the molecule is CCCCCCCCCCCCCCCCCC(=O)N[C@@H](CO[C@@H]1O[C@H](CO)[C@@H](O[C@@H]2O[C@H](CO)[C@H](O)[C@H](O[C@]3(C(=O)O)C[C@H](O)[C@@H](NC(C)=O)[C@H]([C@H](O)[C@H](O)CO)O3)[C@H]2O)[C@H](O)[C@H]1O)[C@H](O)[C@H](O)CCCCCCCCCCCCCC. The topological polar surface area (TPSA) is 394 Å². The van der Waals surface area contributed by atoms with E-state index in [1.165, 1.54) is 109 Å². The molecule has 0 spiro atoms. The lowest BCUT2D eigenvalue weighted by Crippen LogP contribution is -2.70. The molecular weight excluding hydrogens is 1090 g/mol. The fraction of sp³-hybridized carbons (Fsp3) is 0.949. The normalized spacial score (nSPS) is 30.3. The Labute approximate surface area is 491 Å². The zero-order valence-corrected chi connectivity index (χ0v) is 49.9. The van der Waals surface area contributed by atoms with Crippen LogP contribution in [0.1, 0.15) is 213 Å². The number of rotatable bonds is 46. The average molecular weight is 1200 g/mol. The lowest BCUT2D eigenvalue weighted by molar-refractivity contribution is -0.386. The largest absolute Gasteiger partial charge is 0.477 e. The highest BCUT2D eigenvalue weighted by atomic mass is 16.8. The van der Waals surface area contributed by atoms with Gasteiger partial charge in [0.15, 0.2) is 12.6 Å².